The Morgan fingerprint density at radius 1 is 0.929 bits per heavy atom. The molecule has 0 aromatic heterocycles. The van der Waals surface area contributed by atoms with Crippen LogP contribution in [-0.2, 0) is 9.59 Å². The maximum Gasteiger partial charge on any atom is 0.303 e. The van der Waals surface area contributed by atoms with Crippen LogP contribution in [0.25, 0.3) is 0 Å². The van der Waals surface area contributed by atoms with Crippen molar-refractivity contribution in [3.05, 3.63) is 0 Å². The lowest BCUT2D eigenvalue weighted by atomic mass is 9.83. The number of hydrogen-bond acceptors (Lipinski definition) is 2. The number of hydrogen-bond donors (Lipinski definition) is 2. The van der Waals surface area contributed by atoms with Crippen LogP contribution in [0.5, 0.6) is 0 Å². The highest BCUT2D eigenvalue weighted by Gasteiger charge is 2.23. The number of carboxylic acids is 2. The Bertz CT molecular complexity index is 180. The SMILES string of the molecule is CCC(CC)C(CC(=O)O)CC(=O)O. The first-order chi connectivity index (χ1) is 6.51. The predicted molar refractivity (Wildman–Crippen MR) is 52.1 cm³/mol. The molecular weight excluding hydrogens is 184 g/mol. The van der Waals surface area contributed by atoms with Gasteiger partial charge in [0, 0.05) is 12.8 Å². The van der Waals surface area contributed by atoms with Gasteiger partial charge in [-0.05, 0) is 11.8 Å². The Balaban J connectivity index is 4.35. The highest BCUT2D eigenvalue weighted by Crippen LogP contribution is 2.25. The summed E-state index contributed by atoms with van der Waals surface area (Å²) in [5, 5.41) is 17.3. The van der Waals surface area contributed by atoms with Gasteiger partial charge in [-0.3, -0.25) is 9.59 Å². The molecule has 0 atom stereocenters. The third-order valence-electron chi connectivity index (χ3n) is 2.59. The predicted octanol–water partition coefficient (Wildman–Crippen LogP) is 1.99. The smallest absolute Gasteiger partial charge is 0.303 e. The second kappa shape index (κ2) is 6.40. The lowest BCUT2D eigenvalue weighted by molar-refractivity contribution is -0.141. The highest BCUT2D eigenvalue weighted by atomic mass is 16.4. The third-order valence-corrected chi connectivity index (χ3v) is 2.59. The summed E-state index contributed by atoms with van der Waals surface area (Å²) in [6.45, 7) is 3.93. The topological polar surface area (TPSA) is 74.6 Å². The molecule has 0 aliphatic carbocycles. The van der Waals surface area contributed by atoms with Gasteiger partial charge in [-0.2, -0.15) is 0 Å². The quantitative estimate of drug-likeness (QED) is 0.662. The molecule has 0 aliphatic rings. The highest BCUT2D eigenvalue weighted by molar-refractivity contribution is 5.70. The van der Waals surface area contributed by atoms with Crippen LogP contribution in [0.4, 0.5) is 0 Å². The minimum atomic E-state index is -0.914. The second-order valence-electron chi connectivity index (χ2n) is 3.53. The van der Waals surface area contributed by atoms with Gasteiger partial charge < -0.3 is 10.2 Å². The van der Waals surface area contributed by atoms with Gasteiger partial charge in [0.1, 0.15) is 0 Å². The average molecular weight is 202 g/mol. The van der Waals surface area contributed by atoms with Crippen molar-refractivity contribution in [2.75, 3.05) is 0 Å². The zero-order valence-corrected chi connectivity index (χ0v) is 8.69. The monoisotopic (exact) mass is 202 g/mol. The summed E-state index contributed by atoms with van der Waals surface area (Å²) in [7, 11) is 0. The third kappa shape index (κ3) is 4.84. The largest absolute Gasteiger partial charge is 0.481 e. The number of carbonyl (C=O) groups is 2. The zero-order valence-electron chi connectivity index (χ0n) is 8.69. The van der Waals surface area contributed by atoms with Crippen LogP contribution in [0.1, 0.15) is 39.5 Å². The summed E-state index contributed by atoms with van der Waals surface area (Å²) >= 11 is 0. The van der Waals surface area contributed by atoms with Crippen molar-refractivity contribution >= 4 is 11.9 Å². The molecule has 0 bridgehead atoms. The molecule has 0 aliphatic heterocycles. The Labute approximate surface area is 83.9 Å². The maximum absolute atomic E-state index is 10.5. The van der Waals surface area contributed by atoms with Crippen LogP contribution in [0, 0.1) is 11.8 Å². The Hall–Kier alpha value is -1.06. The lowest BCUT2D eigenvalue weighted by Crippen LogP contribution is -2.20. The van der Waals surface area contributed by atoms with Crippen LogP contribution in [-0.4, -0.2) is 22.2 Å². The molecule has 0 aromatic carbocycles. The first-order valence-corrected chi connectivity index (χ1v) is 4.94. The molecule has 14 heavy (non-hydrogen) atoms. The zero-order chi connectivity index (χ0) is 11.1. The first kappa shape index (κ1) is 12.9. The maximum atomic E-state index is 10.5. The van der Waals surface area contributed by atoms with Gasteiger partial charge >= 0.3 is 11.9 Å². The summed E-state index contributed by atoms with van der Waals surface area (Å²) in [4.78, 5) is 21.1. The molecule has 0 heterocycles. The van der Waals surface area contributed by atoms with E-state index in [-0.39, 0.29) is 24.7 Å². The minimum Gasteiger partial charge on any atom is -0.481 e. The molecule has 0 radical (unpaired) electrons. The van der Waals surface area contributed by atoms with Crippen molar-refractivity contribution in [1.29, 1.82) is 0 Å². The van der Waals surface area contributed by atoms with Gasteiger partial charge in [0.05, 0.1) is 0 Å². The van der Waals surface area contributed by atoms with E-state index in [1.54, 1.807) is 0 Å². The average Bonchev–Trinajstić information content (AvgIpc) is 2.03. The van der Waals surface area contributed by atoms with E-state index in [2.05, 4.69) is 0 Å². The van der Waals surface area contributed by atoms with Gasteiger partial charge in [0.25, 0.3) is 0 Å². The fourth-order valence-corrected chi connectivity index (χ4v) is 1.81. The first-order valence-electron chi connectivity index (χ1n) is 4.94. The van der Waals surface area contributed by atoms with E-state index < -0.39 is 11.9 Å². The van der Waals surface area contributed by atoms with Crippen molar-refractivity contribution in [2.45, 2.75) is 39.5 Å². The molecule has 0 spiro atoms. The molecule has 0 amide bonds. The molecule has 0 aromatic rings. The number of aliphatic carboxylic acids is 2. The van der Waals surface area contributed by atoms with E-state index in [0.29, 0.717) is 0 Å². The Morgan fingerprint density at radius 2 is 1.29 bits per heavy atom. The van der Waals surface area contributed by atoms with Crippen LogP contribution >= 0.6 is 0 Å². The van der Waals surface area contributed by atoms with Crippen molar-refractivity contribution < 1.29 is 19.8 Å². The number of carboxylic acid groups (broad SMARTS) is 2. The van der Waals surface area contributed by atoms with E-state index in [9.17, 15) is 9.59 Å². The van der Waals surface area contributed by atoms with Crippen LogP contribution in [0.15, 0.2) is 0 Å². The van der Waals surface area contributed by atoms with E-state index >= 15 is 0 Å². The number of rotatable bonds is 7. The fourth-order valence-electron chi connectivity index (χ4n) is 1.81. The summed E-state index contributed by atoms with van der Waals surface area (Å²) in [6, 6.07) is 0. The van der Waals surface area contributed by atoms with Gasteiger partial charge in [-0.15, -0.1) is 0 Å². The summed E-state index contributed by atoms with van der Waals surface area (Å²) in [5.41, 5.74) is 0. The Kier molecular flexibility index (Phi) is 5.92. The van der Waals surface area contributed by atoms with Gasteiger partial charge in [-0.1, -0.05) is 26.7 Å². The lowest BCUT2D eigenvalue weighted by Gasteiger charge is -2.21. The molecule has 0 unspecified atom stereocenters. The molecule has 4 nitrogen and oxygen atoms in total. The van der Waals surface area contributed by atoms with Crippen molar-refractivity contribution in [3.63, 3.8) is 0 Å². The van der Waals surface area contributed by atoms with Gasteiger partial charge in [0.2, 0.25) is 0 Å². The normalized spacial score (nSPS) is 10.9. The van der Waals surface area contributed by atoms with Crippen molar-refractivity contribution in [2.24, 2.45) is 11.8 Å². The molecule has 0 saturated heterocycles. The van der Waals surface area contributed by atoms with Gasteiger partial charge in [-0.25, -0.2) is 0 Å². The fraction of sp³-hybridized carbons (Fsp3) is 0.800. The minimum absolute atomic E-state index is 0.0430. The summed E-state index contributed by atoms with van der Waals surface area (Å²) < 4.78 is 0. The molecule has 0 rings (SSSR count). The van der Waals surface area contributed by atoms with E-state index in [1.807, 2.05) is 13.8 Å². The van der Waals surface area contributed by atoms with E-state index in [1.165, 1.54) is 0 Å². The van der Waals surface area contributed by atoms with Crippen LogP contribution in [0.2, 0.25) is 0 Å². The summed E-state index contributed by atoms with van der Waals surface area (Å²) in [5.74, 6) is -1.87. The van der Waals surface area contributed by atoms with Crippen LogP contribution in [0.3, 0.4) is 0 Å². The van der Waals surface area contributed by atoms with Crippen molar-refractivity contribution in [3.8, 4) is 0 Å². The molecular formula is C10H18O4. The molecule has 2 N–H and O–H groups in total. The molecule has 82 valence electrons. The van der Waals surface area contributed by atoms with E-state index in [0.717, 1.165) is 12.8 Å². The molecule has 0 saturated carbocycles. The molecule has 4 heteroatoms. The Morgan fingerprint density at radius 3 is 1.50 bits per heavy atom. The van der Waals surface area contributed by atoms with Crippen molar-refractivity contribution in [1.82, 2.24) is 0 Å². The van der Waals surface area contributed by atoms with E-state index in [4.69, 9.17) is 10.2 Å². The molecule has 0 fully saturated rings. The summed E-state index contributed by atoms with van der Waals surface area (Å²) in [6.07, 6.45) is 1.58. The second-order valence-corrected chi connectivity index (χ2v) is 3.53. The standard InChI is InChI=1S/C10H18O4/c1-3-7(4-2)8(5-9(11)12)6-10(13)14/h7-8H,3-6H2,1-2H3,(H,11,12)(H,13,14). The van der Waals surface area contributed by atoms with Crippen LogP contribution < -0.4 is 0 Å². The van der Waals surface area contributed by atoms with Gasteiger partial charge in [0.15, 0.2) is 0 Å².